The fraction of sp³-hybridized carbons (Fsp3) is 0.714. The average molecular weight is 418 g/mol. The number of methoxy groups -OCH3 is 2. The van der Waals surface area contributed by atoms with E-state index in [1.165, 1.54) is 0 Å². The SMILES string of the molecule is COc1cc(OC)nc(N2CCCC3(CCC(=O)N3CC(=O)N3CCCC3)CC2)n1. The first-order valence-corrected chi connectivity index (χ1v) is 10.8. The monoisotopic (exact) mass is 417 g/mol. The van der Waals surface area contributed by atoms with Crippen molar-refractivity contribution >= 4 is 17.8 Å². The molecule has 1 unspecified atom stereocenters. The lowest BCUT2D eigenvalue weighted by atomic mass is 9.87. The molecule has 0 saturated carbocycles. The Morgan fingerprint density at radius 3 is 2.37 bits per heavy atom. The van der Waals surface area contributed by atoms with Gasteiger partial charge in [-0.15, -0.1) is 0 Å². The molecule has 164 valence electrons. The first-order chi connectivity index (χ1) is 14.5. The highest BCUT2D eigenvalue weighted by atomic mass is 16.5. The fourth-order valence-electron chi connectivity index (χ4n) is 4.97. The molecule has 2 amide bonds. The Morgan fingerprint density at radius 1 is 1.00 bits per heavy atom. The Labute approximate surface area is 177 Å². The van der Waals surface area contributed by atoms with E-state index in [4.69, 9.17) is 9.47 Å². The van der Waals surface area contributed by atoms with E-state index in [2.05, 4.69) is 14.9 Å². The van der Waals surface area contributed by atoms with Gasteiger partial charge in [-0.2, -0.15) is 9.97 Å². The number of hydrogen-bond donors (Lipinski definition) is 0. The van der Waals surface area contributed by atoms with Gasteiger partial charge in [0.05, 0.1) is 20.3 Å². The predicted octanol–water partition coefficient (Wildman–Crippen LogP) is 1.47. The van der Waals surface area contributed by atoms with E-state index in [9.17, 15) is 9.59 Å². The topological polar surface area (TPSA) is 88.1 Å². The second kappa shape index (κ2) is 8.65. The Bertz CT molecular complexity index is 775. The number of ether oxygens (including phenoxy) is 2. The van der Waals surface area contributed by atoms with Crippen LogP contribution in [0.4, 0.5) is 5.95 Å². The third-order valence-electron chi connectivity index (χ3n) is 6.72. The Hall–Kier alpha value is -2.58. The lowest BCUT2D eigenvalue weighted by Crippen LogP contribution is -2.51. The van der Waals surface area contributed by atoms with Crippen molar-refractivity contribution in [3.63, 3.8) is 0 Å². The van der Waals surface area contributed by atoms with Crippen molar-refractivity contribution in [3.05, 3.63) is 6.07 Å². The molecular weight excluding hydrogens is 386 g/mol. The summed E-state index contributed by atoms with van der Waals surface area (Å²) in [5.74, 6) is 1.70. The van der Waals surface area contributed by atoms with Crippen LogP contribution in [0.3, 0.4) is 0 Å². The number of hydrogen-bond acceptors (Lipinski definition) is 7. The minimum Gasteiger partial charge on any atom is -0.481 e. The highest BCUT2D eigenvalue weighted by Crippen LogP contribution is 2.39. The molecule has 3 fully saturated rings. The summed E-state index contributed by atoms with van der Waals surface area (Å²) >= 11 is 0. The minimum absolute atomic E-state index is 0.0871. The van der Waals surface area contributed by atoms with E-state index in [0.717, 1.165) is 64.7 Å². The molecule has 9 nitrogen and oxygen atoms in total. The largest absolute Gasteiger partial charge is 0.481 e. The van der Waals surface area contributed by atoms with Crippen LogP contribution < -0.4 is 14.4 Å². The van der Waals surface area contributed by atoms with Gasteiger partial charge in [0.2, 0.25) is 29.5 Å². The van der Waals surface area contributed by atoms with E-state index in [1.807, 2.05) is 9.80 Å². The number of anilines is 1. The number of carbonyl (C=O) groups is 2. The standard InChI is InChI=1S/C21H31N5O4/c1-29-16-14-17(30-2)23-20(22-16)25-12-5-7-21(9-13-25)8-6-18(27)26(21)15-19(28)24-10-3-4-11-24/h14H,3-13,15H2,1-2H3. The first-order valence-electron chi connectivity index (χ1n) is 10.8. The maximum Gasteiger partial charge on any atom is 0.242 e. The summed E-state index contributed by atoms with van der Waals surface area (Å²) in [7, 11) is 3.14. The highest BCUT2D eigenvalue weighted by Gasteiger charge is 2.47. The summed E-state index contributed by atoms with van der Waals surface area (Å²) < 4.78 is 10.6. The van der Waals surface area contributed by atoms with Gasteiger partial charge in [0.25, 0.3) is 0 Å². The van der Waals surface area contributed by atoms with Crippen molar-refractivity contribution in [3.8, 4) is 11.8 Å². The van der Waals surface area contributed by atoms with Crippen LogP contribution in [0.1, 0.15) is 44.9 Å². The van der Waals surface area contributed by atoms with Crippen LogP contribution >= 0.6 is 0 Å². The number of rotatable bonds is 5. The number of aromatic nitrogens is 2. The highest BCUT2D eigenvalue weighted by molar-refractivity contribution is 5.87. The van der Waals surface area contributed by atoms with Crippen LogP contribution in [0, 0.1) is 0 Å². The lowest BCUT2D eigenvalue weighted by molar-refractivity contribution is -0.141. The molecule has 3 aliphatic rings. The molecule has 30 heavy (non-hydrogen) atoms. The van der Waals surface area contributed by atoms with Crippen LogP contribution in [0.2, 0.25) is 0 Å². The molecule has 0 aliphatic carbocycles. The normalized spacial score (nSPS) is 24.5. The molecule has 3 saturated heterocycles. The maximum atomic E-state index is 12.8. The molecule has 3 aliphatic heterocycles. The van der Waals surface area contributed by atoms with Gasteiger partial charge in [-0.25, -0.2) is 0 Å². The van der Waals surface area contributed by atoms with Crippen molar-refractivity contribution in [1.82, 2.24) is 19.8 Å². The zero-order chi connectivity index (χ0) is 21.1. The smallest absolute Gasteiger partial charge is 0.242 e. The molecule has 9 heteroatoms. The van der Waals surface area contributed by atoms with E-state index >= 15 is 0 Å². The van der Waals surface area contributed by atoms with Gasteiger partial charge in [0.1, 0.15) is 6.54 Å². The zero-order valence-corrected chi connectivity index (χ0v) is 17.9. The van der Waals surface area contributed by atoms with Gasteiger partial charge >= 0.3 is 0 Å². The van der Waals surface area contributed by atoms with Crippen molar-refractivity contribution in [2.75, 3.05) is 51.8 Å². The molecule has 1 atom stereocenters. The van der Waals surface area contributed by atoms with Crippen LogP contribution in [-0.2, 0) is 9.59 Å². The number of amides is 2. The summed E-state index contributed by atoms with van der Waals surface area (Å²) in [5.41, 5.74) is -0.246. The summed E-state index contributed by atoms with van der Waals surface area (Å²) in [6.07, 6.45) is 6.06. The fourth-order valence-corrected chi connectivity index (χ4v) is 4.97. The summed E-state index contributed by atoms with van der Waals surface area (Å²) in [6, 6.07) is 1.66. The van der Waals surface area contributed by atoms with Gasteiger partial charge < -0.3 is 24.2 Å². The second-order valence-electron chi connectivity index (χ2n) is 8.39. The van der Waals surface area contributed by atoms with Gasteiger partial charge in [0.15, 0.2) is 0 Å². The summed E-state index contributed by atoms with van der Waals surface area (Å²) in [4.78, 5) is 40.4. The Morgan fingerprint density at radius 2 is 1.70 bits per heavy atom. The number of carbonyl (C=O) groups excluding carboxylic acids is 2. The first kappa shape index (κ1) is 20.7. The number of likely N-dealkylation sites (tertiary alicyclic amines) is 2. The Balaban J connectivity index is 1.49. The van der Waals surface area contributed by atoms with Crippen LogP contribution in [0.25, 0.3) is 0 Å². The van der Waals surface area contributed by atoms with Crippen molar-refractivity contribution in [2.45, 2.75) is 50.5 Å². The summed E-state index contributed by atoms with van der Waals surface area (Å²) in [5, 5.41) is 0. The average Bonchev–Trinajstić information content (AvgIpc) is 3.34. The molecule has 4 rings (SSSR count). The molecule has 1 aromatic rings. The van der Waals surface area contributed by atoms with Crippen molar-refractivity contribution in [1.29, 1.82) is 0 Å². The van der Waals surface area contributed by atoms with Gasteiger partial charge in [-0.05, 0) is 38.5 Å². The van der Waals surface area contributed by atoms with Gasteiger partial charge in [0, 0.05) is 38.1 Å². The van der Waals surface area contributed by atoms with E-state index < -0.39 is 0 Å². The lowest BCUT2D eigenvalue weighted by Gasteiger charge is -2.38. The number of nitrogens with zero attached hydrogens (tertiary/aromatic N) is 5. The molecule has 0 aromatic carbocycles. The Kier molecular flexibility index (Phi) is 5.97. The van der Waals surface area contributed by atoms with Crippen LogP contribution in [0.15, 0.2) is 6.07 Å². The molecule has 1 aromatic heterocycles. The van der Waals surface area contributed by atoms with Gasteiger partial charge in [-0.1, -0.05) is 0 Å². The molecule has 4 heterocycles. The van der Waals surface area contributed by atoms with E-state index in [0.29, 0.717) is 24.1 Å². The maximum absolute atomic E-state index is 12.8. The van der Waals surface area contributed by atoms with Crippen LogP contribution in [0.5, 0.6) is 11.8 Å². The van der Waals surface area contributed by atoms with E-state index in [-0.39, 0.29) is 23.9 Å². The molecule has 0 N–H and O–H groups in total. The summed E-state index contributed by atoms with van der Waals surface area (Å²) in [6.45, 7) is 3.35. The molecule has 0 radical (unpaired) electrons. The van der Waals surface area contributed by atoms with Crippen LogP contribution in [-0.4, -0.2) is 84.1 Å². The quantitative estimate of drug-likeness (QED) is 0.717. The molecule has 1 spiro atoms. The van der Waals surface area contributed by atoms with Gasteiger partial charge in [-0.3, -0.25) is 9.59 Å². The van der Waals surface area contributed by atoms with Crippen molar-refractivity contribution in [2.24, 2.45) is 0 Å². The van der Waals surface area contributed by atoms with E-state index in [1.54, 1.807) is 20.3 Å². The zero-order valence-electron chi connectivity index (χ0n) is 17.9. The van der Waals surface area contributed by atoms with Crippen molar-refractivity contribution < 1.29 is 19.1 Å². The third-order valence-corrected chi connectivity index (χ3v) is 6.72. The molecule has 0 bridgehead atoms. The minimum atomic E-state index is -0.246. The predicted molar refractivity (Wildman–Crippen MR) is 111 cm³/mol. The second-order valence-corrected chi connectivity index (χ2v) is 8.39. The molecular formula is C21H31N5O4. The third kappa shape index (κ3) is 4.02.